The molecule has 1 saturated heterocycles. The molecule has 3 heterocycles. The van der Waals surface area contributed by atoms with Gasteiger partial charge in [-0.3, -0.25) is 28.1 Å². The third kappa shape index (κ3) is 15.8. The number of allylic oxidation sites excluding steroid dienone is 2. The maximum absolute atomic E-state index is 12.5. The summed E-state index contributed by atoms with van der Waals surface area (Å²) in [5, 5.41) is 26.2. The van der Waals surface area contributed by atoms with Crippen LogP contribution in [0.2, 0.25) is 0 Å². The van der Waals surface area contributed by atoms with E-state index in [-0.39, 0.29) is 48.0 Å². The average Bonchev–Trinajstić information content (AvgIpc) is 3.68. The number of nitrogen functional groups attached to an aromatic ring is 1. The van der Waals surface area contributed by atoms with E-state index in [1.165, 1.54) is 13.8 Å². The molecule has 57 heavy (non-hydrogen) atoms. The molecule has 28 heteroatoms. The fourth-order valence-corrected chi connectivity index (χ4v) is 8.33. The highest BCUT2D eigenvalue weighted by Crippen LogP contribution is 2.56. The van der Waals surface area contributed by atoms with Crippen molar-refractivity contribution in [2.45, 2.75) is 83.5 Å². The third-order valence-corrected chi connectivity index (χ3v) is 11.8. The van der Waals surface area contributed by atoms with Crippen LogP contribution < -0.4 is 35.9 Å². The number of aliphatic hydroxyl groups is 2. The number of nitrogens with two attached hydrogens (primary N) is 1. The molecule has 0 aliphatic carbocycles. The Morgan fingerprint density at radius 3 is 2.47 bits per heavy atom. The number of hydrogen-bond donors (Lipinski definition) is 5. The van der Waals surface area contributed by atoms with Crippen molar-refractivity contribution >= 4 is 69.1 Å². The van der Waals surface area contributed by atoms with E-state index in [1.807, 2.05) is 12.2 Å². The number of carbonyl (C=O) groups is 3. The van der Waals surface area contributed by atoms with Gasteiger partial charge in [0.2, 0.25) is 11.8 Å². The number of phosphoric ester groups is 3. The first-order chi connectivity index (χ1) is 26.6. The van der Waals surface area contributed by atoms with Gasteiger partial charge in [-0.05, 0) is 6.42 Å². The molecule has 1 aliphatic heterocycles. The van der Waals surface area contributed by atoms with Gasteiger partial charge < -0.3 is 69.0 Å². The number of carbonyl (C=O) groups excluding carboxylic acids is 3. The van der Waals surface area contributed by atoms with Gasteiger partial charge in [0, 0.05) is 37.1 Å². The molecule has 1 aliphatic rings. The average molecular weight is 888 g/mol. The number of amides is 2. The molecule has 7 atom stereocenters. The second-order valence-electron chi connectivity index (χ2n) is 13.0. The molecule has 2 amide bonds. The lowest BCUT2D eigenvalue weighted by atomic mass is 9.87. The molecule has 1 fully saturated rings. The summed E-state index contributed by atoms with van der Waals surface area (Å²) in [6.07, 6.45) is -0.514. The zero-order valence-electron chi connectivity index (χ0n) is 30.9. The third-order valence-electron chi connectivity index (χ3n) is 7.92. The number of aromatic nitrogens is 4. The standard InChI is InChI=1S/C29H48N7O17P3S/c1-4-5-6-7-8-9-20(38)57-13-12-31-19(37)10-11-32-27(41)24(40)29(2,3)15-50-56(47,48)53-55(45,46)49-14-18-23(52-54(42,43)44)22(39)28(51-18)36-17-35-21-25(30)33-16-34-26(21)36/h7-8,16-18,22-24,28,39-40H,4-6,9-15H2,1-3H3,(H,31,37)(H,32,41)(H,45,46)(H,47,48)(H2,30,33,34)(H2,42,43,44)/p-4/b8-7+. The van der Waals surface area contributed by atoms with Gasteiger partial charge in [-0.25, -0.2) is 19.3 Å². The molecule has 24 nitrogen and oxygen atoms in total. The lowest BCUT2D eigenvalue weighted by molar-refractivity contribution is -0.347. The fourth-order valence-electron chi connectivity index (χ4n) is 4.95. The van der Waals surface area contributed by atoms with E-state index in [0.29, 0.717) is 5.75 Å². The maximum Gasteiger partial charge on any atom is 0.274 e. The van der Waals surface area contributed by atoms with Crippen molar-refractivity contribution < 1.29 is 80.5 Å². The Bertz CT molecular complexity index is 1860. The number of nitrogens with one attached hydrogen (secondary N) is 2. The van der Waals surface area contributed by atoms with Crippen LogP contribution in [0.4, 0.5) is 5.82 Å². The van der Waals surface area contributed by atoms with Gasteiger partial charge >= 0.3 is 0 Å². The molecule has 2 aromatic rings. The number of unbranched alkanes of at least 4 members (excludes halogenated alkanes) is 2. The Balaban J connectivity index is 1.46. The number of fused-ring (bicyclic) bond motifs is 1. The summed E-state index contributed by atoms with van der Waals surface area (Å²) in [7, 11) is -17.6. The number of aliphatic hydroxyl groups excluding tert-OH is 2. The minimum absolute atomic E-state index is 0.0208. The predicted molar refractivity (Wildman–Crippen MR) is 192 cm³/mol. The molecular formula is C29H44N7O17P3S-4. The topological polar surface area (TPSA) is 375 Å². The molecule has 0 saturated carbocycles. The smallest absolute Gasteiger partial charge is 0.274 e. The van der Waals surface area contributed by atoms with Gasteiger partial charge in [-0.15, -0.1) is 0 Å². The highest BCUT2D eigenvalue weighted by atomic mass is 32.2. The Kier molecular flexibility index (Phi) is 18.4. The summed E-state index contributed by atoms with van der Waals surface area (Å²) in [5.41, 5.74) is 4.07. The van der Waals surface area contributed by atoms with Gasteiger partial charge in [0.1, 0.15) is 36.3 Å². The van der Waals surface area contributed by atoms with Crippen molar-refractivity contribution in [2.75, 3.05) is 37.8 Å². The summed E-state index contributed by atoms with van der Waals surface area (Å²) in [4.78, 5) is 96.0. The number of anilines is 1. The molecule has 6 N–H and O–H groups in total. The summed E-state index contributed by atoms with van der Waals surface area (Å²) in [5.74, 6) is -1.20. The summed E-state index contributed by atoms with van der Waals surface area (Å²) in [6, 6.07) is 0. The molecule has 2 aromatic heterocycles. The van der Waals surface area contributed by atoms with Crippen LogP contribution in [0.25, 0.3) is 11.2 Å². The number of imidazole rings is 1. The Hall–Kier alpha value is -2.70. The van der Waals surface area contributed by atoms with Crippen molar-refractivity contribution in [3.63, 3.8) is 0 Å². The number of thioether (sulfide) groups is 1. The van der Waals surface area contributed by atoms with Crippen molar-refractivity contribution in [1.29, 1.82) is 0 Å². The first kappa shape index (κ1) is 48.7. The number of phosphoric acid groups is 3. The summed E-state index contributed by atoms with van der Waals surface area (Å²) in [6.45, 7) is 2.19. The van der Waals surface area contributed by atoms with Crippen LogP contribution in [0.15, 0.2) is 24.8 Å². The highest BCUT2D eigenvalue weighted by Gasteiger charge is 2.47. The van der Waals surface area contributed by atoms with Crippen molar-refractivity contribution in [3.8, 4) is 0 Å². The van der Waals surface area contributed by atoms with Crippen LogP contribution in [0.1, 0.15) is 59.1 Å². The minimum Gasteiger partial charge on any atom is -0.790 e. The Morgan fingerprint density at radius 2 is 1.79 bits per heavy atom. The highest BCUT2D eigenvalue weighted by molar-refractivity contribution is 8.13. The van der Waals surface area contributed by atoms with Crippen LogP contribution >= 0.6 is 35.2 Å². The van der Waals surface area contributed by atoms with Gasteiger partial charge in [0.15, 0.2) is 22.8 Å². The number of ether oxygens (including phenoxy) is 1. The van der Waals surface area contributed by atoms with E-state index in [9.17, 15) is 57.9 Å². The largest absolute Gasteiger partial charge is 0.790 e. The Morgan fingerprint density at radius 1 is 1.09 bits per heavy atom. The Labute approximate surface area is 330 Å². The molecule has 0 bridgehead atoms. The van der Waals surface area contributed by atoms with E-state index >= 15 is 0 Å². The SMILES string of the molecule is CCCC/C=C/CC(=O)SCCNC(=O)CCNC(=O)C(O)C(C)(C)COP(=O)([O-])OP(=O)([O-])OCC1OC(n2cnc3c(N)ncnc32)C(O)C1OP(=O)([O-])[O-]. The van der Waals surface area contributed by atoms with E-state index in [0.717, 1.165) is 48.2 Å². The minimum atomic E-state index is -5.91. The van der Waals surface area contributed by atoms with E-state index < -0.39 is 84.6 Å². The summed E-state index contributed by atoms with van der Waals surface area (Å²) >= 11 is 1.07. The molecule has 7 unspecified atom stereocenters. The lowest BCUT2D eigenvalue weighted by Gasteiger charge is -2.36. The monoisotopic (exact) mass is 887 g/mol. The lowest BCUT2D eigenvalue weighted by Crippen LogP contribution is -2.46. The van der Waals surface area contributed by atoms with Crippen molar-refractivity contribution in [1.82, 2.24) is 30.2 Å². The van der Waals surface area contributed by atoms with Crippen LogP contribution in [0.5, 0.6) is 0 Å². The normalized spacial score (nSPS) is 21.6. The molecule has 3 rings (SSSR count). The molecular weight excluding hydrogens is 843 g/mol. The quantitative estimate of drug-likeness (QED) is 0.0444. The molecule has 0 spiro atoms. The van der Waals surface area contributed by atoms with Crippen LogP contribution in [0, 0.1) is 5.41 Å². The second kappa shape index (κ2) is 21.5. The van der Waals surface area contributed by atoms with Crippen LogP contribution in [-0.2, 0) is 50.7 Å². The predicted octanol–water partition coefficient (Wildman–Crippen LogP) is -1.73. The maximum atomic E-state index is 12.5. The number of rotatable bonds is 24. The summed E-state index contributed by atoms with van der Waals surface area (Å²) < 4.78 is 60.5. The fraction of sp³-hybridized carbons (Fsp3) is 0.655. The second-order valence-corrected chi connectivity index (χ2v) is 18.2. The first-order valence-electron chi connectivity index (χ1n) is 17.2. The van der Waals surface area contributed by atoms with Gasteiger partial charge in [0.25, 0.3) is 15.6 Å². The zero-order chi connectivity index (χ0) is 42.6. The number of hydrogen-bond acceptors (Lipinski definition) is 22. The van der Waals surface area contributed by atoms with E-state index in [4.69, 9.17) is 10.5 Å². The van der Waals surface area contributed by atoms with Crippen LogP contribution in [0.3, 0.4) is 0 Å². The van der Waals surface area contributed by atoms with E-state index in [2.05, 4.69) is 50.4 Å². The van der Waals surface area contributed by atoms with Gasteiger partial charge in [-0.2, -0.15) is 0 Å². The number of nitrogens with zero attached hydrogens (tertiary/aromatic N) is 4. The first-order valence-corrected chi connectivity index (χ1v) is 22.5. The van der Waals surface area contributed by atoms with Gasteiger partial charge in [0.05, 0.1) is 27.4 Å². The van der Waals surface area contributed by atoms with Crippen molar-refractivity contribution in [2.24, 2.45) is 5.41 Å². The molecule has 0 radical (unpaired) electrons. The molecule has 322 valence electrons. The van der Waals surface area contributed by atoms with Gasteiger partial charge in [-0.1, -0.05) is 57.5 Å². The van der Waals surface area contributed by atoms with Crippen molar-refractivity contribution in [3.05, 3.63) is 24.8 Å². The van der Waals surface area contributed by atoms with Crippen LogP contribution in [-0.4, -0.2) is 103 Å². The zero-order valence-corrected chi connectivity index (χ0v) is 34.4. The molecule has 0 aromatic carbocycles. The van der Waals surface area contributed by atoms with E-state index in [1.54, 1.807) is 0 Å².